The first-order valence-corrected chi connectivity index (χ1v) is 12.9. The molecule has 0 spiro atoms. The highest BCUT2D eigenvalue weighted by atomic mass is 32.2. The van der Waals surface area contributed by atoms with Gasteiger partial charge in [0.05, 0.1) is 19.8 Å². The smallest absolute Gasteiger partial charge is 0.250 e. The summed E-state index contributed by atoms with van der Waals surface area (Å²) >= 11 is 0. The molecule has 35 heavy (non-hydrogen) atoms. The highest BCUT2D eigenvalue weighted by molar-refractivity contribution is 7.93. The Morgan fingerprint density at radius 2 is 1.86 bits per heavy atom. The van der Waals surface area contributed by atoms with Gasteiger partial charge in [-0.25, -0.2) is 13.1 Å². The fourth-order valence-corrected chi connectivity index (χ4v) is 4.74. The SMILES string of the molecule is N#C/C(=C\c1ccc(-c2ccc3cc(NCCN4CCOCC4)ccc3c2)o1)S(=O)(=O)NCCO. The number of furan rings is 1. The van der Waals surface area contributed by atoms with Gasteiger partial charge in [0.15, 0.2) is 4.91 Å². The molecule has 0 aliphatic carbocycles. The number of anilines is 1. The van der Waals surface area contributed by atoms with Gasteiger partial charge >= 0.3 is 0 Å². The average molecular weight is 497 g/mol. The van der Waals surface area contributed by atoms with Crippen LogP contribution in [-0.2, 0) is 14.8 Å². The van der Waals surface area contributed by atoms with Gasteiger partial charge in [-0.1, -0.05) is 18.2 Å². The van der Waals surface area contributed by atoms with Crippen LogP contribution in [0.3, 0.4) is 0 Å². The van der Waals surface area contributed by atoms with Crippen molar-refractivity contribution in [1.82, 2.24) is 9.62 Å². The van der Waals surface area contributed by atoms with E-state index in [1.807, 2.05) is 30.3 Å². The van der Waals surface area contributed by atoms with Gasteiger partial charge in [-0.3, -0.25) is 4.90 Å². The summed E-state index contributed by atoms with van der Waals surface area (Å²) in [7, 11) is -4.02. The number of allylic oxidation sites excluding steroid dienone is 1. The van der Waals surface area contributed by atoms with Crippen molar-refractivity contribution >= 4 is 32.6 Å². The Balaban J connectivity index is 1.45. The summed E-state index contributed by atoms with van der Waals surface area (Å²) < 4.78 is 37.6. The standard InChI is InChI=1S/C25H28N4O5S/c26-18-24(35(31,32)28-8-12-30)17-23-5-6-25(34-23)21-2-1-20-16-22(4-3-19(20)15-21)27-7-9-29-10-13-33-14-11-29/h1-6,15-17,27-28,30H,7-14H2/b24-17+. The number of morpholine rings is 1. The van der Waals surface area contributed by atoms with Gasteiger partial charge in [0.25, 0.3) is 10.0 Å². The van der Waals surface area contributed by atoms with E-state index in [1.54, 1.807) is 18.2 Å². The van der Waals surface area contributed by atoms with Gasteiger partial charge < -0.3 is 19.6 Å². The molecule has 0 amide bonds. The molecule has 1 aliphatic heterocycles. The molecule has 10 heteroatoms. The molecular weight excluding hydrogens is 468 g/mol. The molecule has 0 bridgehead atoms. The maximum Gasteiger partial charge on any atom is 0.250 e. The number of sulfonamides is 1. The minimum Gasteiger partial charge on any atom is -0.457 e. The third-order valence-corrected chi connectivity index (χ3v) is 7.06. The summed E-state index contributed by atoms with van der Waals surface area (Å²) in [5.41, 5.74) is 1.90. The normalized spacial score (nSPS) is 15.3. The third kappa shape index (κ3) is 6.48. The molecule has 9 nitrogen and oxygen atoms in total. The van der Waals surface area contributed by atoms with E-state index in [-0.39, 0.29) is 18.9 Å². The van der Waals surface area contributed by atoms with Crippen LogP contribution >= 0.6 is 0 Å². The van der Waals surface area contributed by atoms with E-state index >= 15 is 0 Å². The molecule has 1 aliphatic rings. The Morgan fingerprint density at radius 1 is 1.09 bits per heavy atom. The number of fused-ring (bicyclic) bond motifs is 1. The minimum atomic E-state index is -4.02. The number of nitrogens with zero attached hydrogens (tertiary/aromatic N) is 2. The highest BCUT2D eigenvalue weighted by Gasteiger charge is 2.18. The van der Waals surface area contributed by atoms with Crippen molar-refractivity contribution < 1.29 is 22.7 Å². The van der Waals surface area contributed by atoms with Gasteiger partial charge in [-0.15, -0.1) is 0 Å². The van der Waals surface area contributed by atoms with Crippen LogP contribution in [0.1, 0.15) is 5.76 Å². The van der Waals surface area contributed by atoms with Crippen LogP contribution in [0.4, 0.5) is 5.69 Å². The number of ether oxygens (including phenoxy) is 1. The van der Waals surface area contributed by atoms with E-state index in [9.17, 15) is 13.7 Å². The molecular formula is C25H28N4O5S. The van der Waals surface area contributed by atoms with Gasteiger partial charge in [-0.2, -0.15) is 5.26 Å². The number of rotatable bonds is 10. The van der Waals surface area contributed by atoms with Crippen LogP contribution in [0, 0.1) is 11.3 Å². The molecule has 4 rings (SSSR count). The van der Waals surface area contributed by atoms with Crippen LogP contribution < -0.4 is 10.0 Å². The monoisotopic (exact) mass is 496 g/mol. The number of hydrogen-bond acceptors (Lipinski definition) is 8. The molecule has 0 atom stereocenters. The van der Waals surface area contributed by atoms with E-state index in [0.29, 0.717) is 5.76 Å². The Kier molecular flexibility index (Phi) is 8.17. The summed E-state index contributed by atoms with van der Waals surface area (Å²) in [6, 6.07) is 17.2. The molecule has 1 saturated heterocycles. The van der Waals surface area contributed by atoms with Crippen molar-refractivity contribution in [1.29, 1.82) is 5.26 Å². The number of aliphatic hydroxyl groups is 1. The van der Waals surface area contributed by atoms with Gasteiger partial charge in [0.1, 0.15) is 17.6 Å². The summed E-state index contributed by atoms with van der Waals surface area (Å²) in [5, 5.41) is 23.7. The van der Waals surface area contributed by atoms with Gasteiger partial charge in [0.2, 0.25) is 0 Å². The second-order valence-corrected chi connectivity index (χ2v) is 9.84. The largest absolute Gasteiger partial charge is 0.457 e. The quantitative estimate of drug-likeness (QED) is 0.366. The lowest BCUT2D eigenvalue weighted by Crippen LogP contribution is -2.38. The molecule has 1 aromatic heterocycles. The summed E-state index contributed by atoms with van der Waals surface area (Å²) in [5.74, 6) is 0.801. The van der Waals surface area contributed by atoms with Crippen molar-refractivity contribution in [3.8, 4) is 17.4 Å². The molecule has 0 radical (unpaired) electrons. The Hall–Kier alpha value is -3.20. The van der Waals surface area contributed by atoms with E-state index in [0.717, 1.165) is 61.4 Å². The first-order valence-electron chi connectivity index (χ1n) is 11.4. The fraction of sp³-hybridized carbons (Fsp3) is 0.320. The zero-order chi connectivity index (χ0) is 24.7. The summed E-state index contributed by atoms with van der Waals surface area (Å²) in [6.07, 6.45) is 1.17. The Morgan fingerprint density at radius 3 is 2.63 bits per heavy atom. The van der Waals surface area contributed by atoms with E-state index in [2.05, 4.69) is 21.0 Å². The zero-order valence-electron chi connectivity index (χ0n) is 19.2. The van der Waals surface area contributed by atoms with Crippen molar-refractivity contribution in [2.45, 2.75) is 0 Å². The lowest BCUT2D eigenvalue weighted by atomic mass is 10.0. The van der Waals surface area contributed by atoms with E-state index in [1.165, 1.54) is 6.08 Å². The maximum atomic E-state index is 12.2. The number of aliphatic hydroxyl groups excluding tert-OH is 1. The summed E-state index contributed by atoms with van der Waals surface area (Å²) in [4.78, 5) is 1.90. The minimum absolute atomic E-state index is 0.174. The van der Waals surface area contributed by atoms with Crippen molar-refractivity contribution in [2.75, 3.05) is 57.9 Å². The van der Waals surface area contributed by atoms with Crippen molar-refractivity contribution in [2.24, 2.45) is 0 Å². The second-order valence-electron chi connectivity index (χ2n) is 8.10. The van der Waals surface area contributed by atoms with Crippen LogP contribution in [0.2, 0.25) is 0 Å². The molecule has 3 N–H and O–H groups in total. The number of benzene rings is 2. The fourth-order valence-electron chi connectivity index (χ4n) is 3.83. The van der Waals surface area contributed by atoms with Gasteiger partial charge in [0, 0.05) is 50.1 Å². The molecule has 0 saturated carbocycles. The first kappa shape index (κ1) is 24.9. The third-order valence-electron chi connectivity index (χ3n) is 5.69. The maximum absolute atomic E-state index is 12.2. The predicted octanol–water partition coefficient (Wildman–Crippen LogP) is 2.62. The van der Waals surface area contributed by atoms with Crippen LogP contribution in [0.5, 0.6) is 0 Å². The molecule has 184 valence electrons. The van der Waals surface area contributed by atoms with Crippen LogP contribution in [0.15, 0.2) is 57.9 Å². The van der Waals surface area contributed by atoms with Crippen molar-refractivity contribution in [3.05, 3.63) is 59.2 Å². The predicted molar refractivity (Wildman–Crippen MR) is 135 cm³/mol. The number of nitrogens with one attached hydrogen (secondary N) is 2. The van der Waals surface area contributed by atoms with E-state index < -0.39 is 14.9 Å². The number of nitriles is 1. The molecule has 1 fully saturated rings. The van der Waals surface area contributed by atoms with Gasteiger partial charge in [-0.05, 0) is 41.1 Å². The topological polar surface area (TPSA) is 128 Å². The zero-order valence-corrected chi connectivity index (χ0v) is 20.1. The first-order chi connectivity index (χ1) is 17.0. The number of hydrogen-bond donors (Lipinski definition) is 3. The molecule has 0 unspecified atom stereocenters. The lowest BCUT2D eigenvalue weighted by molar-refractivity contribution is 0.0398. The molecule has 2 aromatic carbocycles. The molecule has 2 heterocycles. The molecule has 3 aromatic rings. The Bertz CT molecular complexity index is 1340. The highest BCUT2D eigenvalue weighted by Crippen LogP contribution is 2.28. The Labute approximate surface area is 204 Å². The lowest BCUT2D eigenvalue weighted by Gasteiger charge is -2.26. The van der Waals surface area contributed by atoms with E-state index in [4.69, 9.17) is 14.3 Å². The summed E-state index contributed by atoms with van der Waals surface area (Å²) in [6.45, 7) is 4.84. The second kappa shape index (κ2) is 11.5. The van der Waals surface area contributed by atoms with Crippen molar-refractivity contribution in [3.63, 3.8) is 0 Å². The van der Waals surface area contributed by atoms with Crippen LogP contribution in [0.25, 0.3) is 28.2 Å². The van der Waals surface area contributed by atoms with Crippen LogP contribution in [-0.4, -0.2) is 71.0 Å². The average Bonchev–Trinajstić information content (AvgIpc) is 3.35.